The van der Waals surface area contributed by atoms with Crippen LogP contribution in [0.1, 0.15) is 41.6 Å². The fourth-order valence-corrected chi connectivity index (χ4v) is 2.55. The summed E-state index contributed by atoms with van der Waals surface area (Å²) in [4.78, 5) is 34.9. The van der Waals surface area contributed by atoms with Gasteiger partial charge >= 0.3 is 5.97 Å². The number of hydrogen-bond acceptors (Lipinski definition) is 4. The molecule has 0 aromatic heterocycles. The smallest absolute Gasteiger partial charge is 0.337 e. The van der Waals surface area contributed by atoms with Gasteiger partial charge in [0.15, 0.2) is 0 Å². The molecule has 124 valence electrons. The van der Waals surface area contributed by atoms with Crippen molar-refractivity contribution < 1.29 is 19.1 Å². The Balaban J connectivity index is 1.78. The van der Waals surface area contributed by atoms with Crippen LogP contribution in [0.2, 0.25) is 0 Å². The summed E-state index contributed by atoms with van der Waals surface area (Å²) in [6, 6.07) is 6.66. The molecule has 2 N–H and O–H groups in total. The van der Waals surface area contributed by atoms with Crippen LogP contribution in [0.5, 0.6) is 0 Å². The second-order valence-electron chi connectivity index (χ2n) is 5.60. The highest BCUT2D eigenvalue weighted by molar-refractivity contribution is 5.89. The van der Waals surface area contributed by atoms with Crippen molar-refractivity contribution in [1.82, 2.24) is 10.6 Å². The van der Waals surface area contributed by atoms with Crippen molar-refractivity contribution >= 4 is 17.8 Å². The monoisotopic (exact) mass is 318 g/mol. The number of hydrogen-bond donors (Lipinski definition) is 2. The highest BCUT2D eigenvalue weighted by Crippen LogP contribution is 2.10. The summed E-state index contributed by atoms with van der Waals surface area (Å²) >= 11 is 0. The molecule has 1 heterocycles. The number of amides is 2. The van der Waals surface area contributed by atoms with Gasteiger partial charge in [-0.05, 0) is 37.0 Å². The molecule has 0 spiro atoms. The van der Waals surface area contributed by atoms with E-state index >= 15 is 0 Å². The Kier molecular flexibility index (Phi) is 6.14. The molecule has 1 aromatic carbocycles. The quantitative estimate of drug-likeness (QED) is 0.799. The van der Waals surface area contributed by atoms with Crippen LogP contribution in [0.15, 0.2) is 24.3 Å². The number of ether oxygens (including phenoxy) is 1. The molecule has 1 aliphatic heterocycles. The lowest BCUT2D eigenvalue weighted by Gasteiger charge is -2.15. The highest BCUT2D eigenvalue weighted by Gasteiger charge is 2.22. The minimum absolute atomic E-state index is 0.0546. The average molecular weight is 318 g/mol. The van der Waals surface area contributed by atoms with E-state index in [0.29, 0.717) is 31.4 Å². The first-order valence-corrected chi connectivity index (χ1v) is 7.84. The maximum atomic E-state index is 12.1. The molecule has 1 fully saturated rings. The second kappa shape index (κ2) is 8.31. The van der Waals surface area contributed by atoms with E-state index in [0.717, 1.165) is 18.4 Å². The Labute approximate surface area is 135 Å². The molecule has 2 amide bonds. The molecule has 1 aromatic rings. The Hall–Kier alpha value is -2.37. The molecule has 0 saturated carbocycles. The third-order valence-corrected chi connectivity index (χ3v) is 3.89. The number of carbonyl (C=O) groups excluding carboxylic acids is 3. The fraction of sp³-hybridized carbons (Fsp3) is 0.471. The van der Waals surface area contributed by atoms with E-state index in [-0.39, 0.29) is 17.8 Å². The number of rotatable bonds is 5. The van der Waals surface area contributed by atoms with Gasteiger partial charge in [0.1, 0.15) is 6.04 Å². The van der Waals surface area contributed by atoms with Crippen LogP contribution >= 0.6 is 0 Å². The predicted molar refractivity (Wildman–Crippen MR) is 84.9 cm³/mol. The maximum absolute atomic E-state index is 12.1. The van der Waals surface area contributed by atoms with Gasteiger partial charge in [-0.3, -0.25) is 9.59 Å². The van der Waals surface area contributed by atoms with Crippen LogP contribution in [0, 0.1) is 0 Å². The molecular formula is C17H22N2O4. The zero-order valence-electron chi connectivity index (χ0n) is 13.3. The summed E-state index contributed by atoms with van der Waals surface area (Å²) in [5, 5.41) is 5.60. The van der Waals surface area contributed by atoms with Crippen molar-refractivity contribution in [3.8, 4) is 0 Å². The molecule has 6 heteroatoms. The Morgan fingerprint density at radius 2 is 2.00 bits per heavy atom. The molecule has 2 rings (SSSR count). The molecule has 6 nitrogen and oxygen atoms in total. The molecule has 0 bridgehead atoms. The average Bonchev–Trinajstić information content (AvgIpc) is 2.79. The molecule has 1 saturated heterocycles. The van der Waals surface area contributed by atoms with Gasteiger partial charge in [0.2, 0.25) is 11.8 Å². The van der Waals surface area contributed by atoms with Gasteiger partial charge in [0, 0.05) is 13.0 Å². The minimum atomic E-state index is -0.424. The second-order valence-corrected chi connectivity index (χ2v) is 5.60. The van der Waals surface area contributed by atoms with E-state index in [9.17, 15) is 14.4 Å². The van der Waals surface area contributed by atoms with Gasteiger partial charge in [-0.25, -0.2) is 4.79 Å². The van der Waals surface area contributed by atoms with E-state index in [1.165, 1.54) is 7.11 Å². The zero-order chi connectivity index (χ0) is 16.7. The molecule has 23 heavy (non-hydrogen) atoms. The largest absolute Gasteiger partial charge is 0.465 e. The van der Waals surface area contributed by atoms with Crippen LogP contribution < -0.4 is 10.6 Å². The van der Waals surface area contributed by atoms with E-state index in [2.05, 4.69) is 15.4 Å². The lowest BCUT2D eigenvalue weighted by Crippen LogP contribution is -2.46. The number of esters is 1. The van der Waals surface area contributed by atoms with Crippen molar-refractivity contribution in [3.05, 3.63) is 35.4 Å². The van der Waals surface area contributed by atoms with E-state index in [1.807, 2.05) is 12.1 Å². The molecule has 1 atom stereocenters. The Morgan fingerprint density at radius 3 is 2.70 bits per heavy atom. The van der Waals surface area contributed by atoms with Crippen LogP contribution in [0.3, 0.4) is 0 Å². The summed E-state index contributed by atoms with van der Waals surface area (Å²) in [5.74, 6) is -0.554. The van der Waals surface area contributed by atoms with Crippen molar-refractivity contribution in [2.45, 2.75) is 38.1 Å². The normalized spacial score (nSPS) is 17.8. The van der Waals surface area contributed by atoms with Gasteiger partial charge in [0.25, 0.3) is 0 Å². The van der Waals surface area contributed by atoms with Crippen LogP contribution in [0.4, 0.5) is 0 Å². The Morgan fingerprint density at radius 1 is 1.26 bits per heavy atom. The van der Waals surface area contributed by atoms with Crippen molar-refractivity contribution in [3.63, 3.8) is 0 Å². The number of nitrogens with one attached hydrogen (secondary N) is 2. The highest BCUT2D eigenvalue weighted by atomic mass is 16.5. The van der Waals surface area contributed by atoms with Gasteiger partial charge in [-0.1, -0.05) is 18.6 Å². The summed E-state index contributed by atoms with van der Waals surface area (Å²) in [5.41, 5.74) is 1.52. The van der Waals surface area contributed by atoms with E-state index in [1.54, 1.807) is 12.1 Å². The standard InChI is InChI=1S/C17H22N2O4/c1-23-17(22)13-8-6-12(7-9-13)10-11-18-16(21)14-4-2-3-5-15(20)19-14/h6-9,14H,2-5,10-11H2,1H3,(H,18,21)(H,19,20)/t14-/m1/s1. The van der Waals surface area contributed by atoms with E-state index in [4.69, 9.17) is 0 Å². The summed E-state index contributed by atoms with van der Waals surface area (Å²) in [6.45, 7) is 0.489. The van der Waals surface area contributed by atoms with Crippen LogP contribution in [-0.4, -0.2) is 37.5 Å². The first-order valence-electron chi connectivity index (χ1n) is 7.84. The topological polar surface area (TPSA) is 84.5 Å². The third-order valence-electron chi connectivity index (χ3n) is 3.89. The van der Waals surface area contributed by atoms with Gasteiger partial charge < -0.3 is 15.4 Å². The van der Waals surface area contributed by atoms with Gasteiger partial charge in [0.05, 0.1) is 12.7 Å². The van der Waals surface area contributed by atoms with Crippen molar-refractivity contribution in [1.29, 1.82) is 0 Å². The number of methoxy groups -OCH3 is 1. The van der Waals surface area contributed by atoms with Gasteiger partial charge in [-0.15, -0.1) is 0 Å². The molecule has 1 aliphatic rings. The first kappa shape index (κ1) is 17.0. The first-order chi connectivity index (χ1) is 11.1. The summed E-state index contributed by atoms with van der Waals surface area (Å²) in [7, 11) is 1.35. The summed E-state index contributed by atoms with van der Waals surface area (Å²) in [6.07, 6.45) is 3.56. The minimum Gasteiger partial charge on any atom is -0.465 e. The van der Waals surface area contributed by atoms with Crippen LogP contribution in [0.25, 0.3) is 0 Å². The van der Waals surface area contributed by atoms with Crippen molar-refractivity contribution in [2.75, 3.05) is 13.7 Å². The number of benzene rings is 1. The van der Waals surface area contributed by atoms with E-state index < -0.39 is 6.04 Å². The lowest BCUT2D eigenvalue weighted by molar-refractivity contribution is -0.128. The SMILES string of the molecule is COC(=O)c1ccc(CCNC(=O)[C@H]2CCCCC(=O)N2)cc1. The maximum Gasteiger partial charge on any atom is 0.337 e. The molecule has 0 radical (unpaired) electrons. The fourth-order valence-electron chi connectivity index (χ4n) is 2.55. The van der Waals surface area contributed by atoms with Crippen LogP contribution in [-0.2, 0) is 20.7 Å². The number of carbonyl (C=O) groups is 3. The molecule has 0 aliphatic carbocycles. The summed E-state index contributed by atoms with van der Waals surface area (Å²) < 4.78 is 4.64. The molecular weight excluding hydrogens is 296 g/mol. The third kappa shape index (κ3) is 5.09. The van der Waals surface area contributed by atoms with Gasteiger partial charge in [-0.2, -0.15) is 0 Å². The molecule has 0 unspecified atom stereocenters. The van der Waals surface area contributed by atoms with Crippen molar-refractivity contribution in [2.24, 2.45) is 0 Å². The lowest BCUT2D eigenvalue weighted by atomic mass is 10.1. The Bertz CT molecular complexity index is 568. The predicted octanol–water partition coefficient (Wildman–Crippen LogP) is 1.19. The zero-order valence-corrected chi connectivity index (χ0v) is 13.3.